The smallest absolute Gasteiger partial charge is 0.338 e. The summed E-state index contributed by atoms with van der Waals surface area (Å²) < 4.78 is 10.4. The van der Waals surface area contributed by atoms with E-state index >= 15 is 0 Å². The Morgan fingerprint density at radius 1 is 0.935 bits per heavy atom. The second kappa shape index (κ2) is 9.75. The van der Waals surface area contributed by atoms with Crippen LogP contribution in [0.25, 0.3) is 10.8 Å². The fourth-order valence-electron chi connectivity index (χ4n) is 3.07. The Morgan fingerprint density at radius 2 is 1.61 bits per heavy atom. The molecule has 0 aliphatic rings. The van der Waals surface area contributed by atoms with Crippen LogP contribution in [0.2, 0.25) is 0 Å². The van der Waals surface area contributed by atoms with Crippen LogP contribution in [0.3, 0.4) is 0 Å². The Balaban J connectivity index is 1.54. The van der Waals surface area contributed by atoms with Gasteiger partial charge in [0.1, 0.15) is 5.75 Å². The maximum Gasteiger partial charge on any atom is 0.338 e. The van der Waals surface area contributed by atoms with Gasteiger partial charge in [-0.2, -0.15) is 0 Å². The summed E-state index contributed by atoms with van der Waals surface area (Å²) in [6.07, 6.45) is 0. The summed E-state index contributed by atoms with van der Waals surface area (Å²) in [6, 6.07) is 18.0. The van der Waals surface area contributed by atoms with Gasteiger partial charge in [0.2, 0.25) is 5.91 Å². The second-order valence-corrected chi connectivity index (χ2v) is 7.13. The van der Waals surface area contributed by atoms with E-state index in [1.165, 1.54) is 24.0 Å². The molecule has 0 unspecified atom stereocenters. The van der Waals surface area contributed by atoms with Gasteiger partial charge >= 0.3 is 5.97 Å². The third kappa shape index (κ3) is 5.82. The van der Waals surface area contributed by atoms with Gasteiger partial charge in [-0.15, -0.1) is 0 Å². The summed E-state index contributed by atoms with van der Waals surface area (Å²) in [6.45, 7) is 1.44. The molecule has 3 aromatic rings. The zero-order valence-electron chi connectivity index (χ0n) is 17.7. The van der Waals surface area contributed by atoms with Gasteiger partial charge in [0, 0.05) is 26.2 Å². The average Bonchev–Trinajstić information content (AvgIpc) is 2.76. The lowest BCUT2D eigenvalue weighted by Crippen LogP contribution is -2.30. The van der Waals surface area contributed by atoms with Crippen LogP contribution in [0.5, 0.6) is 5.75 Å². The number of anilines is 1. The number of carbonyl (C=O) groups is 3. The maximum atomic E-state index is 12.4. The molecule has 0 saturated heterocycles. The largest absolute Gasteiger partial charge is 0.497 e. The first-order valence-corrected chi connectivity index (χ1v) is 9.71. The van der Waals surface area contributed by atoms with E-state index in [1.54, 1.807) is 26.3 Å². The van der Waals surface area contributed by atoms with E-state index in [0.29, 0.717) is 17.8 Å². The van der Waals surface area contributed by atoms with Crippen LogP contribution in [-0.2, 0) is 20.9 Å². The van der Waals surface area contributed by atoms with Gasteiger partial charge in [-0.3, -0.25) is 9.59 Å². The zero-order chi connectivity index (χ0) is 22.4. The van der Waals surface area contributed by atoms with Crippen molar-refractivity contribution in [1.82, 2.24) is 4.90 Å². The number of carbonyl (C=O) groups excluding carboxylic acids is 3. The number of hydrogen-bond acceptors (Lipinski definition) is 5. The van der Waals surface area contributed by atoms with Crippen LogP contribution in [0.1, 0.15) is 22.8 Å². The van der Waals surface area contributed by atoms with E-state index in [1.807, 2.05) is 36.4 Å². The molecule has 0 atom stereocenters. The third-order valence-corrected chi connectivity index (χ3v) is 4.73. The fourth-order valence-corrected chi connectivity index (χ4v) is 3.07. The first-order valence-electron chi connectivity index (χ1n) is 9.71. The molecule has 0 saturated carbocycles. The van der Waals surface area contributed by atoms with E-state index in [2.05, 4.69) is 5.32 Å². The number of nitrogens with zero attached hydrogens (tertiary/aromatic N) is 1. The first-order chi connectivity index (χ1) is 14.9. The molecule has 0 fully saturated rings. The number of nitrogens with one attached hydrogen (secondary N) is 1. The number of hydrogen-bond donors (Lipinski definition) is 1. The van der Waals surface area contributed by atoms with Crippen molar-refractivity contribution in [2.45, 2.75) is 13.5 Å². The summed E-state index contributed by atoms with van der Waals surface area (Å²) >= 11 is 0. The molecular weight excluding hydrogens is 396 g/mol. The van der Waals surface area contributed by atoms with Crippen molar-refractivity contribution in [1.29, 1.82) is 0 Å². The highest BCUT2D eigenvalue weighted by Gasteiger charge is 2.14. The van der Waals surface area contributed by atoms with Gasteiger partial charge in [-0.05, 0) is 58.8 Å². The predicted octanol–water partition coefficient (Wildman–Crippen LogP) is 3.62. The third-order valence-electron chi connectivity index (χ3n) is 4.73. The second-order valence-electron chi connectivity index (χ2n) is 7.13. The monoisotopic (exact) mass is 420 g/mol. The van der Waals surface area contributed by atoms with Crippen molar-refractivity contribution in [3.05, 3.63) is 71.8 Å². The lowest BCUT2D eigenvalue weighted by atomic mass is 10.1. The van der Waals surface area contributed by atoms with Gasteiger partial charge in [0.05, 0.1) is 12.7 Å². The maximum absolute atomic E-state index is 12.4. The summed E-state index contributed by atoms with van der Waals surface area (Å²) in [5.41, 5.74) is 1.84. The predicted molar refractivity (Wildman–Crippen MR) is 118 cm³/mol. The molecule has 0 spiro atoms. The van der Waals surface area contributed by atoms with Gasteiger partial charge in [-0.25, -0.2) is 4.79 Å². The summed E-state index contributed by atoms with van der Waals surface area (Å²) in [7, 11) is 3.29. The molecule has 0 radical (unpaired) electrons. The molecule has 0 heterocycles. The van der Waals surface area contributed by atoms with Crippen molar-refractivity contribution < 1.29 is 23.9 Å². The van der Waals surface area contributed by atoms with Crippen molar-refractivity contribution in [2.75, 3.05) is 26.1 Å². The quantitative estimate of drug-likeness (QED) is 0.590. The lowest BCUT2D eigenvalue weighted by molar-refractivity contribution is -0.133. The number of amides is 2. The number of likely N-dealkylation sites (N-methyl/N-ethyl adjacent to an activating group) is 1. The van der Waals surface area contributed by atoms with Gasteiger partial charge in [0.15, 0.2) is 6.61 Å². The van der Waals surface area contributed by atoms with E-state index in [9.17, 15) is 14.4 Å². The van der Waals surface area contributed by atoms with Crippen molar-refractivity contribution in [3.8, 4) is 5.75 Å². The van der Waals surface area contributed by atoms with Crippen molar-refractivity contribution >= 4 is 34.2 Å². The minimum absolute atomic E-state index is 0.199. The molecule has 1 N–H and O–H groups in total. The van der Waals surface area contributed by atoms with Crippen LogP contribution in [-0.4, -0.2) is 43.4 Å². The number of fused-ring (bicyclic) bond motifs is 1. The molecule has 0 aromatic heterocycles. The Labute approximate surface area is 180 Å². The Hall–Kier alpha value is -3.87. The Bertz CT molecular complexity index is 1110. The highest BCUT2D eigenvalue weighted by atomic mass is 16.5. The Morgan fingerprint density at radius 3 is 2.29 bits per heavy atom. The van der Waals surface area contributed by atoms with Gasteiger partial charge < -0.3 is 19.7 Å². The summed E-state index contributed by atoms with van der Waals surface area (Å²) in [5.74, 6) is -0.317. The summed E-state index contributed by atoms with van der Waals surface area (Å²) in [5, 5.41) is 4.72. The molecule has 3 aromatic carbocycles. The fraction of sp³-hybridized carbons (Fsp3) is 0.208. The molecule has 0 aliphatic heterocycles. The molecule has 7 heteroatoms. The first kappa shape index (κ1) is 21.8. The van der Waals surface area contributed by atoms with Crippen LogP contribution < -0.4 is 10.1 Å². The molecule has 0 aliphatic carbocycles. The molecule has 160 valence electrons. The van der Waals surface area contributed by atoms with Crippen LogP contribution in [0.15, 0.2) is 60.7 Å². The number of esters is 1. The number of benzene rings is 3. The standard InChI is InChI=1S/C24H24N2O5/c1-16(27)25-21-9-6-18(7-10-21)24(29)31-15-23(28)26(2)14-17-4-5-20-13-22(30-3)11-8-19(20)12-17/h4-13H,14-15H2,1-3H3,(H,25,27). The molecule has 7 nitrogen and oxygen atoms in total. The SMILES string of the molecule is COc1ccc2cc(CN(C)C(=O)COC(=O)c3ccc(NC(C)=O)cc3)ccc2c1. The van der Waals surface area contributed by atoms with Crippen molar-refractivity contribution in [2.24, 2.45) is 0 Å². The van der Waals surface area contributed by atoms with E-state index < -0.39 is 5.97 Å². The van der Waals surface area contributed by atoms with Crippen LogP contribution in [0, 0.1) is 0 Å². The minimum Gasteiger partial charge on any atom is -0.497 e. The number of ether oxygens (including phenoxy) is 2. The minimum atomic E-state index is -0.601. The molecule has 3 rings (SSSR count). The highest BCUT2D eigenvalue weighted by Crippen LogP contribution is 2.22. The topological polar surface area (TPSA) is 84.9 Å². The molecular formula is C24H24N2O5. The van der Waals surface area contributed by atoms with Gasteiger partial charge in [-0.1, -0.05) is 18.2 Å². The Kier molecular flexibility index (Phi) is 6.87. The van der Waals surface area contributed by atoms with E-state index in [0.717, 1.165) is 22.1 Å². The zero-order valence-corrected chi connectivity index (χ0v) is 17.7. The number of rotatable bonds is 7. The lowest BCUT2D eigenvalue weighted by Gasteiger charge is -2.17. The molecule has 2 amide bonds. The molecule has 0 bridgehead atoms. The average molecular weight is 420 g/mol. The van der Waals surface area contributed by atoms with E-state index in [-0.39, 0.29) is 18.4 Å². The number of methoxy groups -OCH3 is 1. The van der Waals surface area contributed by atoms with E-state index in [4.69, 9.17) is 9.47 Å². The molecule has 31 heavy (non-hydrogen) atoms. The normalized spacial score (nSPS) is 10.4. The van der Waals surface area contributed by atoms with Gasteiger partial charge in [0.25, 0.3) is 5.91 Å². The highest BCUT2D eigenvalue weighted by molar-refractivity contribution is 5.93. The summed E-state index contributed by atoms with van der Waals surface area (Å²) in [4.78, 5) is 37.1. The van der Waals surface area contributed by atoms with Crippen molar-refractivity contribution in [3.63, 3.8) is 0 Å². The van der Waals surface area contributed by atoms with Crippen LogP contribution >= 0.6 is 0 Å². The van der Waals surface area contributed by atoms with Crippen LogP contribution in [0.4, 0.5) is 5.69 Å².